The number of hydrogen-bond donors (Lipinski definition) is 3. The molecule has 60 heavy (non-hydrogen) atoms. The summed E-state index contributed by atoms with van der Waals surface area (Å²) in [4.78, 5) is 37.6. The topological polar surface area (TPSA) is 199 Å². The second-order valence-corrected chi connectivity index (χ2v) is 17.3. The Hall–Kier alpha value is -5.81. The third-order valence-electron chi connectivity index (χ3n) is 11.9. The summed E-state index contributed by atoms with van der Waals surface area (Å²) in [7, 11) is -1.12. The third kappa shape index (κ3) is 8.07. The monoisotopic (exact) mass is 842 g/mol. The number of nitrogens with zero attached hydrogens (tertiary/aromatic N) is 8. The molecule has 1 aliphatic carbocycles. The van der Waals surface area contributed by atoms with Gasteiger partial charge in [0.15, 0.2) is 17.4 Å². The lowest BCUT2D eigenvalue weighted by molar-refractivity contribution is -0.120. The maximum atomic E-state index is 15.8. The number of carbonyl (C=O) groups is 2. The first kappa shape index (κ1) is 40.9. The van der Waals surface area contributed by atoms with E-state index in [0.717, 1.165) is 79.3 Å². The third-order valence-corrected chi connectivity index (χ3v) is 13.4. The van der Waals surface area contributed by atoms with Gasteiger partial charge in [-0.2, -0.15) is 23.1 Å². The minimum absolute atomic E-state index is 0.0586. The van der Waals surface area contributed by atoms with Crippen LogP contribution in [0.15, 0.2) is 48.7 Å². The number of anilines is 2. The Labute approximate surface area is 344 Å². The number of nitrogens with one attached hydrogen (secondary N) is 2. The smallest absolute Gasteiger partial charge is 0.329 e. The van der Waals surface area contributed by atoms with Crippen molar-refractivity contribution in [2.24, 2.45) is 7.05 Å². The fourth-order valence-corrected chi connectivity index (χ4v) is 9.51. The van der Waals surface area contributed by atoms with E-state index in [0.29, 0.717) is 33.8 Å². The van der Waals surface area contributed by atoms with E-state index in [-0.39, 0.29) is 60.1 Å². The normalized spacial score (nSPS) is 19.5. The molecule has 16 nitrogen and oxygen atoms in total. The lowest BCUT2D eigenvalue weighted by atomic mass is 9.80. The van der Waals surface area contributed by atoms with Gasteiger partial charge < -0.3 is 14.7 Å². The van der Waals surface area contributed by atoms with E-state index in [2.05, 4.69) is 25.0 Å². The molecule has 3 N–H and O–H groups in total. The maximum absolute atomic E-state index is 15.8. The van der Waals surface area contributed by atoms with Crippen LogP contribution in [0, 0.1) is 23.0 Å². The van der Waals surface area contributed by atoms with Gasteiger partial charge >= 0.3 is 16.2 Å². The van der Waals surface area contributed by atoms with E-state index in [1.54, 1.807) is 36.1 Å². The number of amides is 3. The van der Waals surface area contributed by atoms with Crippen LogP contribution < -0.4 is 19.7 Å². The SMILES string of the molecule is CN(CCO)S(=O)(=O)Nc1ccc(F)c(Oc2ccc3ncc(C4CCN(C5CCC(c6cc7c(cc6F)c(N6CCC(=O)NC6=O)nn7C)CC5)CC4)nc3c2)c1C#N. The average Bonchev–Trinajstić information content (AvgIpc) is 3.55. The molecule has 2 aliphatic heterocycles. The lowest BCUT2D eigenvalue weighted by Crippen LogP contribution is -2.49. The van der Waals surface area contributed by atoms with Crippen molar-refractivity contribution in [2.75, 3.05) is 49.5 Å². The van der Waals surface area contributed by atoms with Crippen LogP contribution in [0.4, 0.5) is 25.1 Å². The van der Waals surface area contributed by atoms with E-state index in [9.17, 15) is 23.3 Å². The van der Waals surface area contributed by atoms with Gasteiger partial charge in [-0.15, -0.1) is 0 Å². The molecule has 0 unspecified atom stereocenters. The number of nitriles is 1. The quantitative estimate of drug-likeness (QED) is 0.154. The van der Waals surface area contributed by atoms with E-state index < -0.39 is 34.4 Å². The molecule has 8 rings (SSSR count). The van der Waals surface area contributed by atoms with Crippen LogP contribution in [-0.2, 0) is 22.1 Å². The van der Waals surface area contributed by atoms with Crippen LogP contribution in [0.1, 0.15) is 73.6 Å². The molecule has 0 radical (unpaired) electrons. The van der Waals surface area contributed by atoms with Crippen molar-refractivity contribution in [1.82, 2.24) is 34.3 Å². The highest BCUT2D eigenvalue weighted by atomic mass is 32.2. The first-order valence-corrected chi connectivity index (χ1v) is 21.3. The van der Waals surface area contributed by atoms with Crippen molar-refractivity contribution < 1.29 is 36.6 Å². The number of piperidine rings is 1. The molecular formula is C41H44F2N10O6S. The summed E-state index contributed by atoms with van der Waals surface area (Å²) in [6.07, 6.45) is 7.25. The van der Waals surface area contributed by atoms with Crippen LogP contribution in [0.2, 0.25) is 0 Å². The fraction of sp³-hybridized carbons (Fsp3) is 0.415. The number of likely N-dealkylation sites (N-methyl/N-ethyl adjacent to an activating group) is 1. The highest BCUT2D eigenvalue weighted by Crippen LogP contribution is 2.41. The van der Waals surface area contributed by atoms with Crippen LogP contribution >= 0.6 is 0 Å². The lowest BCUT2D eigenvalue weighted by Gasteiger charge is -2.41. The fourth-order valence-electron chi connectivity index (χ4n) is 8.58. The summed E-state index contributed by atoms with van der Waals surface area (Å²) in [5.41, 5.74) is 2.80. The number of likely N-dealkylation sites (tertiary alicyclic amines) is 1. The van der Waals surface area contributed by atoms with Crippen LogP contribution in [0.3, 0.4) is 0 Å². The Kier molecular flexibility index (Phi) is 11.4. The largest absolute Gasteiger partial charge is 0.453 e. The number of carbonyl (C=O) groups excluding carboxylic acids is 2. The second-order valence-electron chi connectivity index (χ2n) is 15.5. The number of urea groups is 1. The first-order valence-electron chi connectivity index (χ1n) is 19.9. The number of aliphatic hydroxyl groups excluding tert-OH is 1. The Morgan fingerprint density at radius 1 is 1.00 bits per heavy atom. The number of halogens is 2. The average molecular weight is 843 g/mol. The van der Waals surface area contributed by atoms with Crippen LogP contribution in [0.5, 0.6) is 11.5 Å². The number of fused-ring (bicyclic) bond motifs is 2. The maximum Gasteiger partial charge on any atom is 0.329 e. The summed E-state index contributed by atoms with van der Waals surface area (Å²) < 4.78 is 66.9. The highest BCUT2D eigenvalue weighted by Gasteiger charge is 2.33. The van der Waals surface area contributed by atoms with Crippen LogP contribution in [0.25, 0.3) is 21.9 Å². The predicted octanol–water partition coefficient (Wildman–Crippen LogP) is 5.39. The Morgan fingerprint density at radius 3 is 2.48 bits per heavy atom. The van der Waals surface area contributed by atoms with Gasteiger partial charge in [0.1, 0.15) is 23.2 Å². The van der Waals surface area contributed by atoms with Crippen molar-refractivity contribution in [2.45, 2.75) is 62.8 Å². The summed E-state index contributed by atoms with van der Waals surface area (Å²) in [5.74, 6) is -1.24. The summed E-state index contributed by atoms with van der Waals surface area (Å²) in [6, 6.07) is 12.0. The van der Waals surface area contributed by atoms with Gasteiger partial charge in [0.2, 0.25) is 5.91 Å². The number of aryl methyl sites for hydroxylation is 1. The van der Waals surface area contributed by atoms with Gasteiger partial charge in [-0.25, -0.2) is 18.6 Å². The number of rotatable bonds is 11. The van der Waals surface area contributed by atoms with Gasteiger partial charge in [0.05, 0.1) is 34.5 Å². The van der Waals surface area contributed by atoms with Gasteiger partial charge in [-0.3, -0.25) is 29.4 Å². The molecule has 0 spiro atoms. The zero-order valence-electron chi connectivity index (χ0n) is 33.1. The summed E-state index contributed by atoms with van der Waals surface area (Å²) in [5, 5.41) is 26.4. The van der Waals surface area contributed by atoms with E-state index in [1.165, 1.54) is 18.0 Å². The Balaban J connectivity index is 0.899. The molecule has 4 heterocycles. The molecule has 3 aliphatic rings. The number of ether oxygens (including phenoxy) is 1. The molecule has 19 heteroatoms. The molecular weight excluding hydrogens is 799 g/mol. The minimum Gasteiger partial charge on any atom is -0.453 e. The number of aromatic nitrogens is 4. The molecule has 314 valence electrons. The molecule has 2 saturated heterocycles. The number of benzene rings is 3. The van der Waals surface area contributed by atoms with Crippen molar-refractivity contribution in [3.63, 3.8) is 0 Å². The second kappa shape index (κ2) is 16.7. The molecule has 3 amide bonds. The van der Waals surface area contributed by atoms with Gasteiger partial charge in [-0.05, 0) is 99.5 Å². The summed E-state index contributed by atoms with van der Waals surface area (Å²) >= 11 is 0. The zero-order chi connectivity index (χ0) is 42.3. The number of imide groups is 1. The van der Waals surface area contributed by atoms with Crippen molar-refractivity contribution >= 4 is 55.6 Å². The molecule has 1 saturated carbocycles. The predicted molar refractivity (Wildman–Crippen MR) is 218 cm³/mol. The molecule has 0 bridgehead atoms. The van der Waals surface area contributed by atoms with E-state index in [1.807, 2.05) is 12.1 Å². The Morgan fingerprint density at radius 2 is 1.77 bits per heavy atom. The number of hydrogen-bond acceptors (Lipinski definition) is 11. The van der Waals surface area contributed by atoms with Crippen molar-refractivity contribution in [3.05, 3.63) is 77.1 Å². The molecule has 3 aromatic carbocycles. The van der Waals surface area contributed by atoms with Gasteiger partial charge in [0, 0.05) is 63.2 Å². The minimum atomic E-state index is -4.15. The van der Waals surface area contributed by atoms with E-state index >= 15 is 8.78 Å². The highest BCUT2D eigenvalue weighted by molar-refractivity contribution is 7.90. The number of aliphatic hydroxyl groups is 1. The van der Waals surface area contributed by atoms with Crippen molar-refractivity contribution in [3.8, 4) is 17.6 Å². The summed E-state index contributed by atoms with van der Waals surface area (Å²) in [6.45, 7) is 1.34. The molecule has 2 aromatic heterocycles. The molecule has 0 atom stereocenters. The van der Waals surface area contributed by atoms with Gasteiger partial charge in [0.25, 0.3) is 0 Å². The Bertz CT molecular complexity index is 2640. The molecule has 5 aromatic rings. The van der Waals surface area contributed by atoms with Crippen molar-refractivity contribution in [1.29, 1.82) is 5.26 Å². The first-order chi connectivity index (χ1) is 28.8. The zero-order valence-corrected chi connectivity index (χ0v) is 33.9. The molecule has 3 fully saturated rings. The standard InChI is InChI=1S/C41H44F2N10O6S/c1-50(17-18-54)60(57,58)49-33-10-8-31(42)39(30(33)22-44)59-27-7-9-34-35(19-27)46-36(23-45-34)25-11-14-52(15-12-25)26-5-3-24(4-6-26)28-21-37-29(20-32(28)43)40(48-51(37)2)53-16-13-38(55)47-41(53)56/h7-10,19-21,23-26,49,54H,3-6,11-18H2,1-2H3,(H,47,55,56). The van der Waals surface area contributed by atoms with Crippen LogP contribution in [-0.4, -0.2) is 100 Å². The van der Waals surface area contributed by atoms with E-state index in [4.69, 9.17) is 14.8 Å². The van der Waals surface area contributed by atoms with Gasteiger partial charge in [-0.1, -0.05) is 0 Å².